The van der Waals surface area contributed by atoms with E-state index in [1.165, 1.54) is 18.2 Å². The fraction of sp³-hybridized carbons (Fsp3) is 0.0714. The quantitative estimate of drug-likeness (QED) is 0.710. The van der Waals surface area contributed by atoms with Crippen LogP contribution >= 0.6 is 0 Å². The topological polar surface area (TPSA) is 69.6 Å². The second-order valence-corrected chi connectivity index (χ2v) is 3.95. The molecule has 0 spiro atoms. The normalized spacial score (nSPS) is 10.1. The lowest BCUT2D eigenvalue weighted by molar-refractivity contribution is 0.102. The number of hydrogen-bond acceptors (Lipinski definition) is 3. The SMILES string of the molecule is Cc1c(O)cccc1C(=O)Nc1ccc(O)cc1. The zero-order valence-electron chi connectivity index (χ0n) is 9.84. The number of aromatic hydroxyl groups is 2. The zero-order valence-corrected chi connectivity index (χ0v) is 9.84. The van der Waals surface area contributed by atoms with Gasteiger partial charge in [-0.2, -0.15) is 0 Å². The molecule has 0 saturated heterocycles. The van der Waals surface area contributed by atoms with Gasteiger partial charge >= 0.3 is 0 Å². The van der Waals surface area contributed by atoms with Crippen molar-refractivity contribution in [3.8, 4) is 11.5 Å². The Morgan fingerprint density at radius 3 is 2.39 bits per heavy atom. The Morgan fingerprint density at radius 1 is 1.06 bits per heavy atom. The first-order chi connectivity index (χ1) is 8.58. The van der Waals surface area contributed by atoms with Crippen LogP contribution in [-0.2, 0) is 0 Å². The van der Waals surface area contributed by atoms with Crippen LogP contribution in [0.25, 0.3) is 0 Å². The fourth-order valence-corrected chi connectivity index (χ4v) is 1.61. The second-order valence-electron chi connectivity index (χ2n) is 3.95. The first-order valence-electron chi connectivity index (χ1n) is 5.47. The number of phenols is 2. The van der Waals surface area contributed by atoms with Crippen molar-refractivity contribution in [1.82, 2.24) is 0 Å². The van der Waals surface area contributed by atoms with E-state index in [1.54, 1.807) is 31.2 Å². The minimum Gasteiger partial charge on any atom is -0.508 e. The molecule has 0 aromatic heterocycles. The average molecular weight is 243 g/mol. The van der Waals surface area contributed by atoms with Crippen LogP contribution < -0.4 is 5.32 Å². The summed E-state index contributed by atoms with van der Waals surface area (Å²) in [5.41, 5.74) is 1.54. The Labute approximate surface area is 105 Å². The molecule has 0 unspecified atom stereocenters. The van der Waals surface area contributed by atoms with Crippen LogP contribution in [0.1, 0.15) is 15.9 Å². The number of amides is 1. The lowest BCUT2D eigenvalue weighted by Gasteiger charge is -2.08. The van der Waals surface area contributed by atoms with Crippen molar-refractivity contribution in [2.75, 3.05) is 5.32 Å². The third-order valence-electron chi connectivity index (χ3n) is 2.68. The molecule has 4 heteroatoms. The highest BCUT2D eigenvalue weighted by Gasteiger charge is 2.11. The van der Waals surface area contributed by atoms with Crippen LogP contribution in [0.4, 0.5) is 5.69 Å². The number of carbonyl (C=O) groups is 1. The molecule has 2 rings (SSSR count). The van der Waals surface area contributed by atoms with Crippen LogP contribution in [0, 0.1) is 6.92 Å². The fourth-order valence-electron chi connectivity index (χ4n) is 1.61. The Balaban J connectivity index is 2.22. The summed E-state index contributed by atoms with van der Waals surface area (Å²) in [6.07, 6.45) is 0. The first-order valence-corrected chi connectivity index (χ1v) is 5.47. The molecule has 0 aliphatic rings. The van der Waals surface area contributed by atoms with Crippen molar-refractivity contribution in [3.05, 3.63) is 53.6 Å². The first kappa shape index (κ1) is 12.0. The minimum absolute atomic E-state index is 0.0911. The van der Waals surface area contributed by atoms with Gasteiger partial charge in [0.1, 0.15) is 11.5 Å². The van der Waals surface area contributed by atoms with Gasteiger partial charge in [-0.3, -0.25) is 4.79 Å². The van der Waals surface area contributed by atoms with E-state index in [1.807, 2.05) is 0 Å². The molecule has 0 aliphatic heterocycles. The van der Waals surface area contributed by atoms with E-state index in [0.717, 1.165) is 0 Å². The van der Waals surface area contributed by atoms with E-state index in [9.17, 15) is 9.90 Å². The highest BCUT2D eigenvalue weighted by Crippen LogP contribution is 2.21. The molecule has 2 aromatic rings. The summed E-state index contributed by atoms with van der Waals surface area (Å²) in [7, 11) is 0. The third-order valence-corrected chi connectivity index (χ3v) is 2.68. The monoisotopic (exact) mass is 243 g/mol. The van der Waals surface area contributed by atoms with Crippen LogP contribution in [0.2, 0.25) is 0 Å². The van der Waals surface area contributed by atoms with Gasteiger partial charge in [-0.15, -0.1) is 0 Å². The summed E-state index contributed by atoms with van der Waals surface area (Å²) in [6, 6.07) is 11.0. The van der Waals surface area contributed by atoms with E-state index in [-0.39, 0.29) is 17.4 Å². The Kier molecular flexibility index (Phi) is 3.19. The summed E-state index contributed by atoms with van der Waals surface area (Å²) >= 11 is 0. The molecule has 2 aromatic carbocycles. The maximum absolute atomic E-state index is 12.0. The van der Waals surface area contributed by atoms with Gasteiger partial charge in [-0.05, 0) is 43.3 Å². The van der Waals surface area contributed by atoms with Crippen molar-refractivity contribution in [3.63, 3.8) is 0 Å². The predicted molar refractivity (Wildman–Crippen MR) is 68.9 cm³/mol. The number of nitrogens with one attached hydrogen (secondary N) is 1. The van der Waals surface area contributed by atoms with Gasteiger partial charge in [-0.25, -0.2) is 0 Å². The molecular formula is C14H13NO3. The van der Waals surface area contributed by atoms with Crippen molar-refractivity contribution >= 4 is 11.6 Å². The Morgan fingerprint density at radius 2 is 1.72 bits per heavy atom. The van der Waals surface area contributed by atoms with E-state index in [2.05, 4.69) is 5.32 Å². The van der Waals surface area contributed by atoms with E-state index < -0.39 is 0 Å². The maximum Gasteiger partial charge on any atom is 0.256 e. The molecule has 0 bridgehead atoms. The Hall–Kier alpha value is -2.49. The molecule has 1 amide bonds. The third kappa shape index (κ3) is 2.43. The molecule has 0 aliphatic carbocycles. The second kappa shape index (κ2) is 4.79. The summed E-state index contributed by atoms with van der Waals surface area (Å²) in [4.78, 5) is 12.0. The van der Waals surface area contributed by atoms with Crippen LogP contribution in [0.15, 0.2) is 42.5 Å². The van der Waals surface area contributed by atoms with E-state index in [0.29, 0.717) is 16.8 Å². The number of rotatable bonds is 2. The predicted octanol–water partition coefficient (Wildman–Crippen LogP) is 2.66. The van der Waals surface area contributed by atoms with E-state index in [4.69, 9.17) is 5.11 Å². The number of carbonyl (C=O) groups excluding carboxylic acids is 1. The van der Waals surface area contributed by atoms with Gasteiger partial charge in [0.15, 0.2) is 0 Å². The van der Waals surface area contributed by atoms with Crippen LogP contribution in [0.3, 0.4) is 0 Å². The number of hydrogen-bond donors (Lipinski definition) is 3. The molecule has 4 nitrogen and oxygen atoms in total. The summed E-state index contributed by atoms with van der Waals surface area (Å²) in [5, 5.41) is 21.4. The highest BCUT2D eigenvalue weighted by atomic mass is 16.3. The minimum atomic E-state index is -0.297. The van der Waals surface area contributed by atoms with Gasteiger partial charge in [-0.1, -0.05) is 6.07 Å². The van der Waals surface area contributed by atoms with Gasteiger partial charge in [0, 0.05) is 16.8 Å². The summed E-state index contributed by atoms with van der Waals surface area (Å²) in [6.45, 7) is 1.68. The zero-order chi connectivity index (χ0) is 13.1. The Bertz CT molecular complexity index is 576. The summed E-state index contributed by atoms with van der Waals surface area (Å²) in [5.74, 6) is -0.0658. The van der Waals surface area contributed by atoms with Crippen molar-refractivity contribution in [2.45, 2.75) is 6.92 Å². The average Bonchev–Trinajstić information content (AvgIpc) is 2.35. The van der Waals surface area contributed by atoms with Gasteiger partial charge in [0.05, 0.1) is 0 Å². The lowest BCUT2D eigenvalue weighted by atomic mass is 10.1. The number of phenolic OH excluding ortho intramolecular Hbond substituents is 2. The molecule has 0 saturated carbocycles. The molecule has 3 N–H and O–H groups in total. The molecule has 0 fully saturated rings. The molecule has 0 atom stereocenters. The largest absolute Gasteiger partial charge is 0.508 e. The van der Waals surface area contributed by atoms with Crippen molar-refractivity contribution < 1.29 is 15.0 Å². The number of anilines is 1. The molecule has 92 valence electrons. The highest BCUT2D eigenvalue weighted by molar-refractivity contribution is 6.05. The molecule has 0 radical (unpaired) electrons. The lowest BCUT2D eigenvalue weighted by Crippen LogP contribution is -2.13. The molecule has 18 heavy (non-hydrogen) atoms. The summed E-state index contributed by atoms with van der Waals surface area (Å²) < 4.78 is 0. The van der Waals surface area contributed by atoms with Gasteiger partial charge in [0.25, 0.3) is 5.91 Å². The number of benzene rings is 2. The van der Waals surface area contributed by atoms with Crippen molar-refractivity contribution in [2.24, 2.45) is 0 Å². The van der Waals surface area contributed by atoms with E-state index >= 15 is 0 Å². The standard InChI is InChI=1S/C14H13NO3/c1-9-12(3-2-4-13(9)17)14(18)15-10-5-7-11(16)8-6-10/h2-8,16-17H,1H3,(H,15,18). The molecular weight excluding hydrogens is 230 g/mol. The van der Waals surface area contributed by atoms with Crippen LogP contribution in [0.5, 0.6) is 11.5 Å². The van der Waals surface area contributed by atoms with Gasteiger partial charge in [0.2, 0.25) is 0 Å². The van der Waals surface area contributed by atoms with Crippen LogP contribution in [-0.4, -0.2) is 16.1 Å². The molecule has 0 heterocycles. The van der Waals surface area contributed by atoms with Gasteiger partial charge < -0.3 is 15.5 Å². The smallest absolute Gasteiger partial charge is 0.256 e. The maximum atomic E-state index is 12.0. The van der Waals surface area contributed by atoms with Crippen molar-refractivity contribution in [1.29, 1.82) is 0 Å².